The van der Waals surface area contributed by atoms with E-state index < -0.39 is 0 Å². The molecule has 1 aromatic carbocycles. The summed E-state index contributed by atoms with van der Waals surface area (Å²) in [5.41, 5.74) is 0.958. The summed E-state index contributed by atoms with van der Waals surface area (Å²) in [5.74, 6) is 0.611. The second-order valence-corrected chi connectivity index (χ2v) is 7.52. The monoisotopic (exact) mass is 372 g/mol. The Labute approximate surface area is 158 Å². The number of thiophene rings is 1. The van der Waals surface area contributed by atoms with E-state index >= 15 is 0 Å². The molecule has 0 aliphatic carbocycles. The van der Waals surface area contributed by atoms with Gasteiger partial charge in [0.1, 0.15) is 5.75 Å². The molecule has 0 spiro atoms. The lowest BCUT2D eigenvalue weighted by Crippen LogP contribution is -2.46. The topological polar surface area (TPSA) is 58.6 Å². The Morgan fingerprint density at radius 2 is 2.08 bits per heavy atom. The van der Waals surface area contributed by atoms with Gasteiger partial charge in [0.05, 0.1) is 19.1 Å². The number of carbonyl (C=O) groups is 2. The molecule has 2 heterocycles. The molecule has 0 bridgehead atoms. The van der Waals surface area contributed by atoms with Gasteiger partial charge in [0.2, 0.25) is 11.8 Å². The number of benzene rings is 1. The van der Waals surface area contributed by atoms with E-state index in [1.54, 1.807) is 30.4 Å². The number of methoxy groups -OCH3 is 1. The van der Waals surface area contributed by atoms with Crippen LogP contribution in [0.5, 0.6) is 5.75 Å². The predicted molar refractivity (Wildman–Crippen MR) is 102 cm³/mol. The molecule has 0 saturated carbocycles. The Balaban J connectivity index is 1.71. The Morgan fingerprint density at radius 1 is 1.31 bits per heavy atom. The SMILES string of the molecule is COc1ccc([C@H]2[C@H](C(=O)NCCc3cccs3)CCC(=O)N2C)cc1. The van der Waals surface area contributed by atoms with E-state index in [1.165, 1.54) is 4.88 Å². The maximum absolute atomic E-state index is 12.8. The zero-order chi connectivity index (χ0) is 18.5. The average molecular weight is 372 g/mol. The number of nitrogens with zero attached hydrogens (tertiary/aromatic N) is 1. The molecule has 6 heteroatoms. The highest BCUT2D eigenvalue weighted by atomic mass is 32.1. The first-order valence-corrected chi connectivity index (χ1v) is 9.68. The van der Waals surface area contributed by atoms with Crippen molar-refractivity contribution in [2.45, 2.75) is 25.3 Å². The molecule has 138 valence electrons. The van der Waals surface area contributed by atoms with Gasteiger partial charge in [0.15, 0.2) is 0 Å². The van der Waals surface area contributed by atoms with Crippen LogP contribution in [-0.2, 0) is 16.0 Å². The number of likely N-dealkylation sites (tertiary alicyclic amines) is 1. The van der Waals surface area contributed by atoms with Gasteiger partial charge in [-0.25, -0.2) is 0 Å². The fraction of sp³-hybridized carbons (Fsp3) is 0.400. The van der Waals surface area contributed by atoms with Gasteiger partial charge in [-0.15, -0.1) is 11.3 Å². The summed E-state index contributed by atoms with van der Waals surface area (Å²) in [5, 5.41) is 5.09. The van der Waals surface area contributed by atoms with Crippen molar-refractivity contribution in [1.82, 2.24) is 10.2 Å². The smallest absolute Gasteiger partial charge is 0.225 e. The fourth-order valence-electron chi connectivity index (χ4n) is 3.46. The maximum atomic E-state index is 12.8. The molecule has 2 amide bonds. The molecule has 5 nitrogen and oxygen atoms in total. The van der Waals surface area contributed by atoms with E-state index in [0.717, 1.165) is 17.7 Å². The van der Waals surface area contributed by atoms with E-state index in [9.17, 15) is 9.59 Å². The van der Waals surface area contributed by atoms with Gasteiger partial charge in [-0.3, -0.25) is 9.59 Å². The second kappa shape index (κ2) is 8.36. The normalized spacial score (nSPS) is 20.1. The number of amides is 2. The lowest BCUT2D eigenvalue weighted by Gasteiger charge is -2.38. The molecule has 26 heavy (non-hydrogen) atoms. The minimum atomic E-state index is -0.246. The molecular formula is C20H24N2O3S. The molecule has 0 radical (unpaired) electrons. The minimum absolute atomic E-state index is 0.0155. The standard InChI is InChI=1S/C20H24N2O3S/c1-22-18(23)10-9-17(19(22)14-5-7-15(25-2)8-6-14)20(24)21-12-11-16-4-3-13-26-16/h3-8,13,17,19H,9-12H2,1-2H3,(H,21,24)/t17-,19+/m1/s1. The van der Waals surface area contributed by atoms with Crippen LogP contribution in [0.25, 0.3) is 0 Å². The molecule has 2 aromatic rings. The number of ether oxygens (including phenoxy) is 1. The Bertz CT molecular complexity index is 743. The van der Waals surface area contributed by atoms with Crippen LogP contribution in [0.3, 0.4) is 0 Å². The van der Waals surface area contributed by atoms with Gasteiger partial charge >= 0.3 is 0 Å². The van der Waals surface area contributed by atoms with Gasteiger partial charge in [-0.2, -0.15) is 0 Å². The number of hydrogen-bond donors (Lipinski definition) is 1. The molecule has 1 aliphatic heterocycles. The van der Waals surface area contributed by atoms with Crippen LogP contribution in [-0.4, -0.2) is 37.4 Å². The summed E-state index contributed by atoms with van der Waals surface area (Å²) in [6.45, 7) is 0.614. The molecule has 1 fully saturated rings. The molecule has 3 rings (SSSR count). The van der Waals surface area contributed by atoms with Crippen LogP contribution in [0.2, 0.25) is 0 Å². The predicted octanol–water partition coefficient (Wildman–Crippen LogP) is 3.03. The van der Waals surface area contributed by atoms with Crippen molar-refractivity contribution in [3.63, 3.8) is 0 Å². The van der Waals surface area contributed by atoms with E-state index in [0.29, 0.717) is 19.4 Å². The van der Waals surface area contributed by atoms with E-state index in [-0.39, 0.29) is 23.8 Å². The summed E-state index contributed by atoms with van der Waals surface area (Å²) in [4.78, 5) is 28.0. The Hall–Kier alpha value is -2.34. The lowest BCUT2D eigenvalue weighted by molar-refractivity contribution is -0.141. The number of nitrogens with one attached hydrogen (secondary N) is 1. The average Bonchev–Trinajstić information content (AvgIpc) is 3.17. The van der Waals surface area contributed by atoms with Crippen molar-refractivity contribution in [3.05, 3.63) is 52.2 Å². The first-order valence-electron chi connectivity index (χ1n) is 8.80. The third kappa shape index (κ3) is 4.07. The zero-order valence-corrected chi connectivity index (χ0v) is 15.9. The summed E-state index contributed by atoms with van der Waals surface area (Å²) in [7, 11) is 3.40. The number of hydrogen-bond acceptors (Lipinski definition) is 4. The van der Waals surface area contributed by atoms with Crippen molar-refractivity contribution < 1.29 is 14.3 Å². The molecule has 1 aromatic heterocycles. The van der Waals surface area contributed by atoms with Crippen molar-refractivity contribution >= 4 is 23.2 Å². The summed E-state index contributed by atoms with van der Waals surface area (Å²) in [6, 6.07) is 11.5. The first-order chi connectivity index (χ1) is 12.6. The highest BCUT2D eigenvalue weighted by Crippen LogP contribution is 2.36. The lowest BCUT2D eigenvalue weighted by atomic mass is 9.84. The minimum Gasteiger partial charge on any atom is -0.497 e. The van der Waals surface area contributed by atoms with E-state index in [4.69, 9.17) is 4.74 Å². The maximum Gasteiger partial charge on any atom is 0.225 e. The molecule has 1 aliphatic rings. The van der Waals surface area contributed by atoms with Crippen LogP contribution in [0.4, 0.5) is 0 Å². The van der Waals surface area contributed by atoms with Gasteiger partial charge in [0.25, 0.3) is 0 Å². The molecule has 1 N–H and O–H groups in total. The third-order valence-electron chi connectivity index (χ3n) is 4.91. The van der Waals surface area contributed by atoms with Crippen molar-refractivity contribution in [2.75, 3.05) is 20.7 Å². The summed E-state index contributed by atoms with van der Waals surface area (Å²) in [6.07, 6.45) is 1.81. The van der Waals surface area contributed by atoms with Gasteiger partial charge in [-0.1, -0.05) is 18.2 Å². The van der Waals surface area contributed by atoms with Crippen molar-refractivity contribution in [3.8, 4) is 5.75 Å². The van der Waals surface area contributed by atoms with E-state index in [2.05, 4.69) is 11.4 Å². The number of carbonyl (C=O) groups excluding carboxylic acids is 2. The zero-order valence-electron chi connectivity index (χ0n) is 15.1. The van der Waals surface area contributed by atoms with Crippen molar-refractivity contribution in [2.24, 2.45) is 5.92 Å². The second-order valence-electron chi connectivity index (χ2n) is 6.49. The van der Waals surface area contributed by atoms with E-state index in [1.807, 2.05) is 35.7 Å². The van der Waals surface area contributed by atoms with Gasteiger partial charge in [-0.05, 0) is 42.0 Å². The summed E-state index contributed by atoms with van der Waals surface area (Å²) >= 11 is 1.70. The van der Waals surface area contributed by atoms with Crippen LogP contribution >= 0.6 is 11.3 Å². The van der Waals surface area contributed by atoms with Gasteiger partial charge < -0.3 is 15.0 Å². The Morgan fingerprint density at radius 3 is 2.73 bits per heavy atom. The molecule has 0 unspecified atom stereocenters. The van der Waals surface area contributed by atoms with Crippen molar-refractivity contribution in [1.29, 1.82) is 0 Å². The first kappa shape index (κ1) is 18.5. The highest BCUT2D eigenvalue weighted by molar-refractivity contribution is 7.09. The Kier molecular flexibility index (Phi) is 5.93. The fourth-order valence-corrected chi connectivity index (χ4v) is 4.17. The largest absolute Gasteiger partial charge is 0.497 e. The highest BCUT2D eigenvalue weighted by Gasteiger charge is 2.38. The number of piperidine rings is 1. The molecule has 2 atom stereocenters. The third-order valence-corrected chi connectivity index (χ3v) is 5.84. The van der Waals surface area contributed by atoms with Crippen LogP contribution in [0.15, 0.2) is 41.8 Å². The summed E-state index contributed by atoms with van der Waals surface area (Å²) < 4.78 is 5.21. The van der Waals surface area contributed by atoms with Crippen LogP contribution in [0.1, 0.15) is 29.3 Å². The van der Waals surface area contributed by atoms with Crippen LogP contribution in [0, 0.1) is 5.92 Å². The molecule has 1 saturated heterocycles. The quantitative estimate of drug-likeness (QED) is 0.848. The van der Waals surface area contributed by atoms with Gasteiger partial charge in [0, 0.05) is 24.9 Å². The number of rotatable bonds is 6. The molecular weight excluding hydrogens is 348 g/mol. The van der Waals surface area contributed by atoms with Crippen LogP contribution < -0.4 is 10.1 Å².